The highest BCUT2D eigenvalue weighted by molar-refractivity contribution is 6.03. The molecule has 0 unspecified atom stereocenters. The normalized spacial score (nSPS) is 10.3. The van der Waals surface area contributed by atoms with Crippen molar-refractivity contribution in [3.63, 3.8) is 0 Å². The van der Waals surface area contributed by atoms with Crippen molar-refractivity contribution in [1.82, 2.24) is 4.57 Å². The Kier molecular flexibility index (Phi) is 3.37. The highest BCUT2D eigenvalue weighted by Gasteiger charge is 2.10. The Labute approximate surface area is 106 Å². The maximum atomic E-state index is 12.1. The van der Waals surface area contributed by atoms with Crippen molar-refractivity contribution in [3.05, 3.63) is 47.8 Å². The Balaban J connectivity index is 2.19. The van der Waals surface area contributed by atoms with Crippen molar-refractivity contribution in [2.75, 3.05) is 5.32 Å². The maximum Gasteiger partial charge on any atom is 0.272 e. The number of benzene rings is 1. The van der Waals surface area contributed by atoms with Crippen molar-refractivity contribution in [3.8, 4) is 5.75 Å². The fourth-order valence-electron chi connectivity index (χ4n) is 1.82. The van der Waals surface area contributed by atoms with Gasteiger partial charge in [0.25, 0.3) is 5.91 Å². The molecule has 18 heavy (non-hydrogen) atoms. The van der Waals surface area contributed by atoms with E-state index in [1.165, 1.54) is 0 Å². The van der Waals surface area contributed by atoms with E-state index in [4.69, 9.17) is 0 Å². The lowest BCUT2D eigenvalue weighted by Gasteiger charge is -2.09. The molecule has 1 aromatic heterocycles. The number of rotatable bonds is 3. The molecule has 94 valence electrons. The molecule has 0 radical (unpaired) electrons. The molecule has 0 spiro atoms. The molecule has 0 aliphatic heterocycles. The van der Waals surface area contributed by atoms with Gasteiger partial charge < -0.3 is 15.0 Å². The summed E-state index contributed by atoms with van der Waals surface area (Å²) in [7, 11) is 0. The number of aromatic hydroxyl groups is 1. The number of hydrogen-bond acceptors (Lipinski definition) is 2. The molecule has 1 amide bonds. The van der Waals surface area contributed by atoms with Gasteiger partial charge in [-0.25, -0.2) is 0 Å². The summed E-state index contributed by atoms with van der Waals surface area (Å²) in [5.41, 5.74) is 2.04. The van der Waals surface area contributed by atoms with Crippen LogP contribution in [0, 0.1) is 6.92 Å². The number of aromatic nitrogens is 1. The minimum atomic E-state index is -0.146. The number of carbonyl (C=O) groups excluding carboxylic acids is 1. The molecular formula is C14H16N2O2. The molecule has 2 rings (SSSR count). The number of phenolic OH excluding ortho intramolecular Hbond substituents is 1. The van der Waals surface area contributed by atoms with Gasteiger partial charge in [-0.3, -0.25) is 4.79 Å². The standard InChI is InChI=1S/C14H16N2O2/c1-3-16-8-4-5-12(16)14(18)15-11-6-7-13(17)10(2)9-11/h4-9,17H,3H2,1-2H3,(H,15,18). The van der Waals surface area contributed by atoms with Crippen molar-refractivity contribution in [2.45, 2.75) is 20.4 Å². The lowest BCUT2D eigenvalue weighted by Crippen LogP contribution is -2.16. The number of anilines is 1. The number of amides is 1. The largest absolute Gasteiger partial charge is 0.508 e. The van der Waals surface area contributed by atoms with Crippen molar-refractivity contribution in [1.29, 1.82) is 0 Å². The third-order valence-corrected chi connectivity index (χ3v) is 2.86. The van der Waals surface area contributed by atoms with E-state index in [-0.39, 0.29) is 11.7 Å². The van der Waals surface area contributed by atoms with Gasteiger partial charge in [-0.1, -0.05) is 0 Å². The average molecular weight is 244 g/mol. The smallest absolute Gasteiger partial charge is 0.272 e. The first-order chi connectivity index (χ1) is 8.61. The van der Waals surface area contributed by atoms with E-state index in [0.717, 1.165) is 12.1 Å². The SMILES string of the molecule is CCn1cccc1C(=O)Nc1ccc(O)c(C)c1. The van der Waals surface area contributed by atoms with Crippen LogP contribution in [-0.2, 0) is 6.54 Å². The molecule has 1 heterocycles. The summed E-state index contributed by atoms with van der Waals surface area (Å²) >= 11 is 0. The first kappa shape index (κ1) is 12.2. The van der Waals surface area contributed by atoms with Gasteiger partial charge in [0.15, 0.2) is 0 Å². The van der Waals surface area contributed by atoms with Crippen LogP contribution in [0.1, 0.15) is 23.0 Å². The van der Waals surface area contributed by atoms with Crippen LogP contribution in [-0.4, -0.2) is 15.6 Å². The van der Waals surface area contributed by atoms with Crippen LogP contribution in [0.2, 0.25) is 0 Å². The monoisotopic (exact) mass is 244 g/mol. The summed E-state index contributed by atoms with van der Waals surface area (Å²) in [6.07, 6.45) is 1.87. The Morgan fingerprint density at radius 2 is 2.17 bits per heavy atom. The average Bonchev–Trinajstić information content (AvgIpc) is 2.82. The zero-order valence-corrected chi connectivity index (χ0v) is 10.5. The third kappa shape index (κ3) is 2.37. The van der Waals surface area contributed by atoms with Gasteiger partial charge in [0.05, 0.1) is 0 Å². The lowest BCUT2D eigenvalue weighted by molar-refractivity contribution is 0.101. The molecule has 0 bridgehead atoms. The van der Waals surface area contributed by atoms with Crippen LogP contribution in [0.3, 0.4) is 0 Å². The molecule has 0 saturated carbocycles. The van der Waals surface area contributed by atoms with E-state index in [0.29, 0.717) is 11.4 Å². The van der Waals surface area contributed by atoms with Gasteiger partial charge in [0, 0.05) is 18.4 Å². The zero-order chi connectivity index (χ0) is 13.1. The molecular weight excluding hydrogens is 228 g/mol. The molecule has 2 aromatic rings. The topological polar surface area (TPSA) is 54.3 Å². The summed E-state index contributed by atoms with van der Waals surface area (Å²) in [6, 6.07) is 8.63. The number of hydrogen-bond donors (Lipinski definition) is 2. The zero-order valence-electron chi connectivity index (χ0n) is 10.5. The van der Waals surface area contributed by atoms with E-state index in [2.05, 4.69) is 5.32 Å². The van der Waals surface area contributed by atoms with E-state index < -0.39 is 0 Å². The minimum absolute atomic E-state index is 0.146. The highest BCUT2D eigenvalue weighted by atomic mass is 16.3. The predicted octanol–water partition coefficient (Wildman–Crippen LogP) is 2.77. The van der Waals surface area contributed by atoms with Gasteiger partial charge in [-0.2, -0.15) is 0 Å². The van der Waals surface area contributed by atoms with E-state index in [1.54, 1.807) is 31.2 Å². The Morgan fingerprint density at radius 3 is 2.83 bits per heavy atom. The molecule has 4 heteroatoms. The lowest BCUT2D eigenvalue weighted by atomic mass is 10.2. The van der Waals surface area contributed by atoms with Gasteiger partial charge >= 0.3 is 0 Å². The minimum Gasteiger partial charge on any atom is -0.508 e. The summed E-state index contributed by atoms with van der Waals surface area (Å²) < 4.78 is 1.88. The summed E-state index contributed by atoms with van der Waals surface area (Å²) in [4.78, 5) is 12.1. The molecule has 0 atom stereocenters. The van der Waals surface area contributed by atoms with Crippen LogP contribution < -0.4 is 5.32 Å². The molecule has 2 N–H and O–H groups in total. The van der Waals surface area contributed by atoms with E-state index >= 15 is 0 Å². The van der Waals surface area contributed by atoms with Crippen molar-refractivity contribution >= 4 is 11.6 Å². The van der Waals surface area contributed by atoms with Crippen LogP contribution in [0.15, 0.2) is 36.5 Å². The van der Waals surface area contributed by atoms with Crippen molar-refractivity contribution in [2.24, 2.45) is 0 Å². The maximum absolute atomic E-state index is 12.1. The van der Waals surface area contributed by atoms with Crippen LogP contribution >= 0.6 is 0 Å². The predicted molar refractivity (Wildman–Crippen MR) is 70.9 cm³/mol. The molecule has 1 aromatic carbocycles. The number of phenols is 1. The fraction of sp³-hybridized carbons (Fsp3) is 0.214. The summed E-state index contributed by atoms with van der Waals surface area (Å²) in [6.45, 7) is 4.53. The summed E-state index contributed by atoms with van der Waals surface area (Å²) in [5.74, 6) is 0.0804. The molecule has 4 nitrogen and oxygen atoms in total. The molecule has 0 saturated heterocycles. The van der Waals surface area contributed by atoms with Gasteiger partial charge in [-0.05, 0) is 49.7 Å². The first-order valence-electron chi connectivity index (χ1n) is 5.88. The quantitative estimate of drug-likeness (QED) is 0.816. The highest BCUT2D eigenvalue weighted by Crippen LogP contribution is 2.20. The van der Waals surface area contributed by atoms with Crippen LogP contribution in [0.4, 0.5) is 5.69 Å². The Bertz CT molecular complexity index is 573. The van der Waals surface area contributed by atoms with Crippen LogP contribution in [0.25, 0.3) is 0 Å². The van der Waals surface area contributed by atoms with E-state index in [1.807, 2.05) is 23.8 Å². The molecule has 0 fully saturated rings. The Hall–Kier alpha value is -2.23. The Morgan fingerprint density at radius 1 is 1.39 bits per heavy atom. The number of carbonyl (C=O) groups is 1. The number of nitrogens with one attached hydrogen (secondary N) is 1. The van der Waals surface area contributed by atoms with Gasteiger partial charge in [0.1, 0.15) is 11.4 Å². The van der Waals surface area contributed by atoms with E-state index in [9.17, 15) is 9.90 Å². The van der Waals surface area contributed by atoms with Crippen molar-refractivity contribution < 1.29 is 9.90 Å². The van der Waals surface area contributed by atoms with Crippen LogP contribution in [0.5, 0.6) is 5.75 Å². The fourth-order valence-corrected chi connectivity index (χ4v) is 1.82. The molecule has 0 aliphatic rings. The second kappa shape index (κ2) is 4.96. The second-order valence-corrected chi connectivity index (χ2v) is 4.13. The molecule has 0 aliphatic carbocycles. The number of nitrogens with zero attached hydrogens (tertiary/aromatic N) is 1. The number of aryl methyl sites for hydroxylation is 2. The summed E-state index contributed by atoms with van der Waals surface area (Å²) in [5, 5.41) is 12.2. The first-order valence-corrected chi connectivity index (χ1v) is 5.88. The second-order valence-electron chi connectivity index (χ2n) is 4.13. The van der Waals surface area contributed by atoms with Gasteiger partial charge in [0.2, 0.25) is 0 Å². The third-order valence-electron chi connectivity index (χ3n) is 2.86. The van der Waals surface area contributed by atoms with Gasteiger partial charge in [-0.15, -0.1) is 0 Å².